The zero-order valence-corrected chi connectivity index (χ0v) is 7.86. The van der Waals surface area contributed by atoms with Gasteiger partial charge in [0.2, 0.25) is 0 Å². The Balaban J connectivity index is 1.95. The minimum Gasteiger partial charge on any atom is -0.347 e. The molecule has 0 saturated carbocycles. The van der Waals surface area contributed by atoms with Gasteiger partial charge in [0.15, 0.2) is 0 Å². The molecule has 14 heavy (non-hydrogen) atoms. The topological polar surface area (TPSA) is 54.0 Å². The molecule has 1 aliphatic heterocycles. The van der Waals surface area contributed by atoms with Crippen molar-refractivity contribution in [2.45, 2.75) is 12.5 Å². The van der Waals surface area contributed by atoms with Crippen molar-refractivity contribution in [3.63, 3.8) is 0 Å². The van der Waals surface area contributed by atoms with Crippen molar-refractivity contribution in [3.8, 4) is 0 Å². The van der Waals surface area contributed by atoms with Gasteiger partial charge in [-0.25, -0.2) is 0 Å². The summed E-state index contributed by atoms with van der Waals surface area (Å²) in [5.41, 5.74) is 0.486. The molecule has 1 aliphatic rings. The first-order valence-corrected chi connectivity index (χ1v) is 4.79. The third-order valence-electron chi connectivity index (χ3n) is 2.29. The van der Waals surface area contributed by atoms with E-state index in [2.05, 4.69) is 15.6 Å². The van der Waals surface area contributed by atoms with Gasteiger partial charge in [-0.05, 0) is 25.1 Å². The normalized spacial score (nSPS) is 20.7. The molecule has 1 aromatic heterocycles. The molecule has 4 heteroatoms. The maximum atomic E-state index is 11.6. The van der Waals surface area contributed by atoms with Crippen LogP contribution in [-0.4, -0.2) is 30.0 Å². The fraction of sp³-hybridized carbons (Fsp3) is 0.400. The van der Waals surface area contributed by atoms with Crippen molar-refractivity contribution >= 4 is 5.91 Å². The lowest BCUT2D eigenvalue weighted by Crippen LogP contribution is -2.36. The molecule has 4 nitrogen and oxygen atoms in total. The van der Waals surface area contributed by atoms with Crippen LogP contribution in [0.15, 0.2) is 24.4 Å². The van der Waals surface area contributed by atoms with Crippen molar-refractivity contribution in [3.05, 3.63) is 30.1 Å². The van der Waals surface area contributed by atoms with E-state index in [4.69, 9.17) is 0 Å². The molecule has 0 unspecified atom stereocenters. The van der Waals surface area contributed by atoms with E-state index in [-0.39, 0.29) is 11.9 Å². The Morgan fingerprint density at radius 3 is 3.14 bits per heavy atom. The second-order valence-electron chi connectivity index (χ2n) is 3.38. The van der Waals surface area contributed by atoms with E-state index in [0.717, 1.165) is 19.5 Å². The molecule has 0 aromatic carbocycles. The maximum Gasteiger partial charge on any atom is 0.270 e. The van der Waals surface area contributed by atoms with Crippen molar-refractivity contribution in [2.75, 3.05) is 13.1 Å². The van der Waals surface area contributed by atoms with Crippen molar-refractivity contribution < 1.29 is 4.79 Å². The lowest BCUT2D eigenvalue weighted by molar-refractivity contribution is 0.0935. The van der Waals surface area contributed by atoms with Crippen LogP contribution < -0.4 is 10.6 Å². The predicted molar refractivity (Wildman–Crippen MR) is 53.0 cm³/mol. The quantitative estimate of drug-likeness (QED) is 0.700. The van der Waals surface area contributed by atoms with Gasteiger partial charge < -0.3 is 10.6 Å². The Labute approximate surface area is 82.7 Å². The van der Waals surface area contributed by atoms with Crippen LogP contribution in [0.5, 0.6) is 0 Å². The molecule has 1 saturated heterocycles. The molecule has 2 heterocycles. The third-order valence-corrected chi connectivity index (χ3v) is 2.29. The third kappa shape index (κ3) is 2.09. The molecule has 0 bridgehead atoms. The Morgan fingerprint density at radius 1 is 1.57 bits per heavy atom. The molecule has 2 N–H and O–H groups in total. The summed E-state index contributed by atoms with van der Waals surface area (Å²) in [7, 11) is 0. The second kappa shape index (κ2) is 4.19. The van der Waals surface area contributed by atoms with Gasteiger partial charge in [-0.15, -0.1) is 0 Å². The van der Waals surface area contributed by atoms with Crippen LogP contribution in [0.4, 0.5) is 0 Å². The number of pyridine rings is 1. The van der Waals surface area contributed by atoms with Gasteiger partial charge in [0.1, 0.15) is 5.69 Å². The minimum atomic E-state index is -0.0840. The average Bonchev–Trinajstić information content (AvgIpc) is 2.72. The van der Waals surface area contributed by atoms with Crippen LogP contribution in [-0.2, 0) is 0 Å². The van der Waals surface area contributed by atoms with Gasteiger partial charge >= 0.3 is 0 Å². The summed E-state index contributed by atoms with van der Waals surface area (Å²) in [5.74, 6) is -0.0840. The van der Waals surface area contributed by atoms with E-state index in [1.54, 1.807) is 18.3 Å². The molecule has 2 rings (SSSR count). The Hall–Kier alpha value is -1.42. The summed E-state index contributed by atoms with van der Waals surface area (Å²) < 4.78 is 0. The first-order valence-electron chi connectivity index (χ1n) is 4.79. The van der Waals surface area contributed by atoms with Crippen molar-refractivity contribution in [2.24, 2.45) is 0 Å². The molecular weight excluding hydrogens is 178 g/mol. The number of nitrogens with one attached hydrogen (secondary N) is 2. The lowest BCUT2D eigenvalue weighted by Gasteiger charge is -2.10. The summed E-state index contributed by atoms with van der Waals surface area (Å²) >= 11 is 0. The highest BCUT2D eigenvalue weighted by atomic mass is 16.1. The van der Waals surface area contributed by atoms with Crippen LogP contribution in [0.2, 0.25) is 0 Å². The fourth-order valence-electron chi connectivity index (χ4n) is 1.53. The van der Waals surface area contributed by atoms with Gasteiger partial charge in [-0.2, -0.15) is 0 Å². The van der Waals surface area contributed by atoms with E-state index in [0.29, 0.717) is 5.69 Å². The zero-order chi connectivity index (χ0) is 9.80. The van der Waals surface area contributed by atoms with Crippen LogP contribution in [0.25, 0.3) is 0 Å². The maximum absolute atomic E-state index is 11.6. The number of carbonyl (C=O) groups is 1. The fourth-order valence-corrected chi connectivity index (χ4v) is 1.53. The SMILES string of the molecule is O=C(N[C@H]1CCNC1)c1ccccn1. The number of rotatable bonds is 2. The summed E-state index contributed by atoms with van der Waals surface area (Å²) in [4.78, 5) is 15.6. The number of hydrogen-bond donors (Lipinski definition) is 2. The highest BCUT2D eigenvalue weighted by Crippen LogP contribution is 1.99. The predicted octanol–water partition coefficient (Wildman–Crippen LogP) is 0.173. The van der Waals surface area contributed by atoms with E-state index in [9.17, 15) is 4.79 Å². The zero-order valence-electron chi connectivity index (χ0n) is 7.86. The summed E-state index contributed by atoms with van der Waals surface area (Å²) in [6.45, 7) is 1.84. The van der Waals surface area contributed by atoms with Gasteiger partial charge in [0.05, 0.1) is 0 Å². The average molecular weight is 191 g/mol. The van der Waals surface area contributed by atoms with Gasteiger partial charge in [0.25, 0.3) is 5.91 Å². The van der Waals surface area contributed by atoms with Gasteiger partial charge in [-0.1, -0.05) is 6.07 Å². The van der Waals surface area contributed by atoms with Crippen molar-refractivity contribution in [1.82, 2.24) is 15.6 Å². The molecule has 1 fully saturated rings. The first kappa shape index (κ1) is 9.15. The largest absolute Gasteiger partial charge is 0.347 e. The number of carbonyl (C=O) groups excluding carboxylic acids is 1. The monoisotopic (exact) mass is 191 g/mol. The summed E-state index contributed by atoms with van der Waals surface area (Å²) in [6, 6.07) is 5.59. The Bertz CT molecular complexity index is 306. The first-order chi connectivity index (χ1) is 6.86. The van der Waals surface area contributed by atoms with E-state index >= 15 is 0 Å². The summed E-state index contributed by atoms with van der Waals surface area (Å²) in [5, 5.41) is 6.13. The molecule has 1 atom stereocenters. The molecule has 1 amide bonds. The van der Waals surface area contributed by atoms with Crippen LogP contribution in [0.1, 0.15) is 16.9 Å². The molecular formula is C10H13N3O. The number of hydrogen-bond acceptors (Lipinski definition) is 3. The lowest BCUT2D eigenvalue weighted by atomic mass is 10.2. The van der Waals surface area contributed by atoms with E-state index in [1.807, 2.05) is 6.07 Å². The molecule has 1 aromatic rings. The van der Waals surface area contributed by atoms with Gasteiger partial charge in [0, 0.05) is 18.8 Å². The van der Waals surface area contributed by atoms with E-state index in [1.165, 1.54) is 0 Å². The Kier molecular flexibility index (Phi) is 2.74. The standard InChI is InChI=1S/C10H13N3O/c14-10(9-3-1-2-5-12-9)13-8-4-6-11-7-8/h1-3,5,8,11H,4,6-7H2,(H,13,14)/t8-/m0/s1. The van der Waals surface area contributed by atoms with Crippen molar-refractivity contribution in [1.29, 1.82) is 0 Å². The highest BCUT2D eigenvalue weighted by molar-refractivity contribution is 5.92. The van der Waals surface area contributed by atoms with Crippen LogP contribution in [0, 0.1) is 0 Å². The number of amides is 1. The van der Waals surface area contributed by atoms with Crippen LogP contribution >= 0.6 is 0 Å². The smallest absolute Gasteiger partial charge is 0.270 e. The minimum absolute atomic E-state index is 0.0840. The number of nitrogens with zero attached hydrogens (tertiary/aromatic N) is 1. The molecule has 0 aliphatic carbocycles. The molecule has 74 valence electrons. The second-order valence-corrected chi connectivity index (χ2v) is 3.38. The van der Waals surface area contributed by atoms with E-state index < -0.39 is 0 Å². The van der Waals surface area contributed by atoms with Gasteiger partial charge in [-0.3, -0.25) is 9.78 Å². The molecule has 0 radical (unpaired) electrons. The highest BCUT2D eigenvalue weighted by Gasteiger charge is 2.17. The number of aromatic nitrogens is 1. The van der Waals surface area contributed by atoms with Crippen LogP contribution in [0.3, 0.4) is 0 Å². The summed E-state index contributed by atoms with van der Waals surface area (Å²) in [6.07, 6.45) is 2.63. The Morgan fingerprint density at radius 2 is 2.50 bits per heavy atom. The molecule has 0 spiro atoms.